The molecule has 1 amide bonds. The van der Waals surface area contributed by atoms with Crippen LogP contribution in [-0.2, 0) is 4.79 Å². The summed E-state index contributed by atoms with van der Waals surface area (Å²) < 4.78 is 11.0. The first-order chi connectivity index (χ1) is 10.7. The largest absolute Gasteiger partial charge is 0.497 e. The van der Waals surface area contributed by atoms with Crippen LogP contribution in [-0.4, -0.2) is 13.0 Å². The molecule has 0 bridgehead atoms. The van der Waals surface area contributed by atoms with Crippen molar-refractivity contribution >= 4 is 23.2 Å². The van der Waals surface area contributed by atoms with Gasteiger partial charge in [0, 0.05) is 17.0 Å². The minimum Gasteiger partial charge on any atom is -0.497 e. The number of hydrogen-bond acceptors (Lipinski definition) is 3. The number of rotatable bonds is 5. The average molecular weight is 318 g/mol. The smallest absolute Gasteiger partial charge is 0.227 e. The normalized spacial score (nSPS) is 13.5. The molecule has 2 aromatic carbocycles. The third-order valence-corrected chi connectivity index (χ3v) is 3.65. The van der Waals surface area contributed by atoms with Gasteiger partial charge in [-0.1, -0.05) is 17.7 Å². The van der Waals surface area contributed by atoms with Gasteiger partial charge in [-0.15, -0.1) is 0 Å². The van der Waals surface area contributed by atoms with Crippen LogP contribution < -0.4 is 14.8 Å². The van der Waals surface area contributed by atoms with E-state index in [1.54, 1.807) is 31.4 Å². The molecule has 1 fully saturated rings. The van der Waals surface area contributed by atoms with E-state index in [1.165, 1.54) is 0 Å². The van der Waals surface area contributed by atoms with Crippen LogP contribution in [0.25, 0.3) is 0 Å². The molecule has 1 saturated carbocycles. The summed E-state index contributed by atoms with van der Waals surface area (Å²) in [6.45, 7) is 0. The Hall–Kier alpha value is -2.20. The quantitative estimate of drug-likeness (QED) is 0.884. The van der Waals surface area contributed by atoms with Gasteiger partial charge in [0.1, 0.15) is 11.5 Å². The molecular formula is C17H16ClNO3. The van der Waals surface area contributed by atoms with Crippen molar-refractivity contribution in [2.45, 2.75) is 12.8 Å². The molecule has 0 radical (unpaired) electrons. The molecule has 22 heavy (non-hydrogen) atoms. The van der Waals surface area contributed by atoms with Crippen molar-refractivity contribution in [1.82, 2.24) is 0 Å². The molecule has 1 aliphatic rings. The van der Waals surface area contributed by atoms with Crippen LogP contribution in [0.5, 0.6) is 17.2 Å². The zero-order valence-electron chi connectivity index (χ0n) is 12.1. The number of hydrogen-bond donors (Lipinski definition) is 1. The van der Waals surface area contributed by atoms with Gasteiger partial charge in [-0.05, 0) is 43.2 Å². The molecule has 5 heteroatoms. The van der Waals surface area contributed by atoms with Gasteiger partial charge in [-0.2, -0.15) is 0 Å². The summed E-state index contributed by atoms with van der Waals surface area (Å²) >= 11 is 6.02. The van der Waals surface area contributed by atoms with Gasteiger partial charge >= 0.3 is 0 Å². The van der Waals surface area contributed by atoms with Crippen LogP contribution in [0.1, 0.15) is 12.8 Å². The maximum atomic E-state index is 12.0. The summed E-state index contributed by atoms with van der Waals surface area (Å²) in [6.07, 6.45) is 1.89. The second-order valence-electron chi connectivity index (χ2n) is 5.19. The number of benzene rings is 2. The van der Waals surface area contributed by atoms with Crippen LogP contribution in [0.3, 0.4) is 0 Å². The van der Waals surface area contributed by atoms with E-state index in [2.05, 4.69) is 5.32 Å². The predicted molar refractivity (Wildman–Crippen MR) is 85.9 cm³/mol. The monoisotopic (exact) mass is 317 g/mol. The van der Waals surface area contributed by atoms with E-state index in [0.717, 1.165) is 12.8 Å². The Kier molecular flexibility index (Phi) is 4.20. The lowest BCUT2D eigenvalue weighted by molar-refractivity contribution is -0.117. The summed E-state index contributed by atoms with van der Waals surface area (Å²) in [5, 5.41) is 3.43. The Bertz CT molecular complexity index is 698. The molecule has 3 rings (SSSR count). The summed E-state index contributed by atoms with van der Waals surface area (Å²) in [6, 6.07) is 12.4. The maximum Gasteiger partial charge on any atom is 0.227 e. The fraction of sp³-hybridized carbons (Fsp3) is 0.235. The minimum atomic E-state index is 0.0118. The minimum absolute atomic E-state index is 0.0118. The Morgan fingerprint density at radius 1 is 1.18 bits per heavy atom. The lowest BCUT2D eigenvalue weighted by Gasteiger charge is -2.13. The van der Waals surface area contributed by atoms with E-state index in [-0.39, 0.29) is 11.8 Å². The summed E-state index contributed by atoms with van der Waals surface area (Å²) in [5.41, 5.74) is 0.576. The van der Waals surface area contributed by atoms with E-state index in [9.17, 15) is 4.79 Å². The van der Waals surface area contributed by atoms with Gasteiger partial charge in [0.15, 0.2) is 5.75 Å². The van der Waals surface area contributed by atoms with Crippen molar-refractivity contribution in [1.29, 1.82) is 0 Å². The lowest BCUT2D eigenvalue weighted by atomic mass is 10.2. The highest BCUT2D eigenvalue weighted by Gasteiger charge is 2.30. The molecule has 0 atom stereocenters. The second kappa shape index (κ2) is 6.28. The number of methoxy groups -OCH3 is 1. The van der Waals surface area contributed by atoms with Crippen molar-refractivity contribution < 1.29 is 14.3 Å². The van der Waals surface area contributed by atoms with Gasteiger partial charge in [-0.3, -0.25) is 4.79 Å². The summed E-state index contributed by atoms with van der Waals surface area (Å²) in [5.74, 6) is 2.01. The van der Waals surface area contributed by atoms with Crippen molar-refractivity contribution in [2.24, 2.45) is 5.92 Å². The molecule has 1 aliphatic carbocycles. The molecule has 0 unspecified atom stereocenters. The first-order valence-electron chi connectivity index (χ1n) is 7.08. The number of carbonyl (C=O) groups excluding carboxylic acids is 1. The molecule has 114 valence electrons. The Morgan fingerprint density at radius 2 is 1.95 bits per heavy atom. The lowest BCUT2D eigenvalue weighted by Crippen LogP contribution is -2.13. The molecule has 4 nitrogen and oxygen atoms in total. The topological polar surface area (TPSA) is 47.6 Å². The number of halogens is 1. The number of amides is 1. The predicted octanol–water partition coefficient (Wildman–Crippen LogP) is 4.49. The van der Waals surface area contributed by atoms with Gasteiger partial charge in [0.2, 0.25) is 5.91 Å². The summed E-state index contributed by atoms with van der Waals surface area (Å²) in [4.78, 5) is 12.0. The Balaban J connectivity index is 1.83. The van der Waals surface area contributed by atoms with E-state index >= 15 is 0 Å². The molecule has 0 aromatic heterocycles. The third kappa shape index (κ3) is 3.52. The maximum absolute atomic E-state index is 12.0. The standard InChI is InChI=1S/C17H16ClNO3/c1-21-13-3-2-4-14(10-13)22-16-8-7-12(18)9-15(16)19-17(20)11-5-6-11/h2-4,7-11H,5-6H2,1H3,(H,19,20). The van der Waals surface area contributed by atoms with E-state index in [4.69, 9.17) is 21.1 Å². The van der Waals surface area contributed by atoms with E-state index < -0.39 is 0 Å². The number of anilines is 1. The van der Waals surface area contributed by atoms with E-state index in [1.807, 2.05) is 18.2 Å². The highest BCUT2D eigenvalue weighted by atomic mass is 35.5. The fourth-order valence-electron chi connectivity index (χ4n) is 2.06. The SMILES string of the molecule is COc1cccc(Oc2ccc(Cl)cc2NC(=O)C2CC2)c1. The van der Waals surface area contributed by atoms with Crippen LogP contribution in [0.4, 0.5) is 5.69 Å². The van der Waals surface area contributed by atoms with Crippen molar-refractivity contribution in [3.8, 4) is 17.2 Å². The molecular weight excluding hydrogens is 302 g/mol. The van der Waals surface area contributed by atoms with Crippen LogP contribution in [0.15, 0.2) is 42.5 Å². The molecule has 1 N–H and O–H groups in total. The van der Waals surface area contributed by atoms with Crippen molar-refractivity contribution in [3.63, 3.8) is 0 Å². The first-order valence-corrected chi connectivity index (χ1v) is 7.46. The number of ether oxygens (including phenoxy) is 2. The Morgan fingerprint density at radius 3 is 2.68 bits per heavy atom. The van der Waals surface area contributed by atoms with Gasteiger partial charge < -0.3 is 14.8 Å². The van der Waals surface area contributed by atoms with Gasteiger partial charge in [-0.25, -0.2) is 0 Å². The fourth-order valence-corrected chi connectivity index (χ4v) is 2.23. The van der Waals surface area contributed by atoms with Crippen molar-refractivity contribution in [2.75, 3.05) is 12.4 Å². The van der Waals surface area contributed by atoms with Crippen LogP contribution in [0, 0.1) is 5.92 Å². The van der Waals surface area contributed by atoms with Crippen LogP contribution >= 0.6 is 11.6 Å². The molecule has 0 aliphatic heterocycles. The molecule has 2 aromatic rings. The molecule has 0 spiro atoms. The van der Waals surface area contributed by atoms with Crippen LogP contribution in [0.2, 0.25) is 5.02 Å². The Labute approximate surface area is 134 Å². The number of carbonyl (C=O) groups is 1. The zero-order valence-corrected chi connectivity index (χ0v) is 12.9. The molecule has 0 heterocycles. The highest BCUT2D eigenvalue weighted by molar-refractivity contribution is 6.31. The average Bonchev–Trinajstić information content (AvgIpc) is 3.35. The molecule has 0 saturated heterocycles. The highest BCUT2D eigenvalue weighted by Crippen LogP contribution is 2.36. The van der Waals surface area contributed by atoms with E-state index in [0.29, 0.717) is 28.0 Å². The van der Waals surface area contributed by atoms with Gasteiger partial charge in [0.25, 0.3) is 0 Å². The van der Waals surface area contributed by atoms with Gasteiger partial charge in [0.05, 0.1) is 12.8 Å². The first kappa shape index (κ1) is 14.7. The van der Waals surface area contributed by atoms with Crippen molar-refractivity contribution in [3.05, 3.63) is 47.5 Å². The third-order valence-electron chi connectivity index (χ3n) is 3.42. The summed E-state index contributed by atoms with van der Waals surface area (Å²) in [7, 11) is 1.60. The second-order valence-corrected chi connectivity index (χ2v) is 5.62. The number of nitrogens with one attached hydrogen (secondary N) is 1. The zero-order chi connectivity index (χ0) is 15.5.